The van der Waals surface area contributed by atoms with Crippen LogP contribution in [-0.2, 0) is 4.79 Å². The van der Waals surface area contributed by atoms with Gasteiger partial charge in [-0.1, -0.05) is 59.8 Å². The van der Waals surface area contributed by atoms with Crippen molar-refractivity contribution in [2.45, 2.75) is 19.0 Å². The van der Waals surface area contributed by atoms with Crippen LogP contribution in [0.4, 0.5) is 10.5 Å². The summed E-state index contributed by atoms with van der Waals surface area (Å²) in [6, 6.07) is 14.7. The van der Waals surface area contributed by atoms with Crippen LogP contribution in [0, 0.1) is 13.8 Å². The molecule has 0 aliphatic carbocycles. The zero-order chi connectivity index (χ0) is 19.2. The highest BCUT2D eigenvalue weighted by molar-refractivity contribution is 7.99. The van der Waals surface area contributed by atoms with E-state index in [2.05, 4.69) is 25.8 Å². The van der Waals surface area contributed by atoms with Gasteiger partial charge in [0.05, 0.1) is 5.75 Å². The van der Waals surface area contributed by atoms with Crippen LogP contribution in [0.15, 0.2) is 53.7 Å². The van der Waals surface area contributed by atoms with Gasteiger partial charge in [0, 0.05) is 11.3 Å². The minimum Gasteiger partial charge on any atom is -0.307 e. The highest BCUT2D eigenvalue weighted by Gasteiger charge is 2.12. The van der Waals surface area contributed by atoms with Crippen molar-refractivity contribution < 1.29 is 9.59 Å². The zero-order valence-corrected chi connectivity index (χ0v) is 15.8. The molecule has 1 aromatic heterocycles. The number of rotatable bonds is 5. The summed E-state index contributed by atoms with van der Waals surface area (Å²) in [6.45, 7) is 3.87. The fourth-order valence-corrected chi connectivity index (χ4v) is 3.03. The Labute approximate surface area is 161 Å². The van der Waals surface area contributed by atoms with Crippen LogP contribution in [0.5, 0.6) is 0 Å². The summed E-state index contributed by atoms with van der Waals surface area (Å²) in [7, 11) is 0. The van der Waals surface area contributed by atoms with Crippen molar-refractivity contribution >= 4 is 29.4 Å². The second-order valence-corrected chi connectivity index (χ2v) is 6.88. The lowest BCUT2D eigenvalue weighted by molar-refractivity contribution is -0.117. The number of aryl methyl sites for hydroxylation is 2. The lowest BCUT2D eigenvalue weighted by Crippen LogP contribution is -2.35. The molecule has 0 bridgehead atoms. The van der Waals surface area contributed by atoms with Crippen LogP contribution < -0.4 is 10.6 Å². The molecule has 2 aromatic carbocycles. The molecule has 0 atom stereocenters. The number of imide groups is 1. The van der Waals surface area contributed by atoms with E-state index >= 15 is 0 Å². The van der Waals surface area contributed by atoms with Crippen LogP contribution in [0.2, 0.25) is 0 Å². The number of amides is 3. The molecule has 0 saturated carbocycles. The molecule has 8 heteroatoms. The summed E-state index contributed by atoms with van der Waals surface area (Å²) in [4.78, 5) is 28.3. The number of anilines is 1. The van der Waals surface area contributed by atoms with Gasteiger partial charge in [-0.2, -0.15) is 0 Å². The highest BCUT2D eigenvalue weighted by Crippen LogP contribution is 2.19. The molecular weight excluding hydrogens is 362 g/mol. The van der Waals surface area contributed by atoms with E-state index in [1.54, 1.807) is 0 Å². The Balaban J connectivity index is 1.49. The third-order valence-electron chi connectivity index (χ3n) is 3.73. The molecule has 138 valence electrons. The third-order valence-corrected chi connectivity index (χ3v) is 4.57. The number of aromatic nitrogens is 3. The van der Waals surface area contributed by atoms with Gasteiger partial charge in [-0.25, -0.2) is 9.78 Å². The number of hydrogen-bond acceptors (Lipinski definition) is 5. The first kappa shape index (κ1) is 18.7. The van der Waals surface area contributed by atoms with E-state index in [-0.39, 0.29) is 5.75 Å². The molecule has 0 aliphatic rings. The number of nitrogens with zero attached hydrogens (tertiary/aromatic N) is 2. The smallest absolute Gasteiger partial charge is 0.307 e. The summed E-state index contributed by atoms with van der Waals surface area (Å²) in [5.74, 6) is 0.242. The van der Waals surface area contributed by atoms with E-state index in [9.17, 15) is 9.59 Å². The van der Waals surface area contributed by atoms with Crippen molar-refractivity contribution in [3.05, 3.63) is 59.7 Å². The van der Waals surface area contributed by atoms with E-state index in [1.165, 1.54) is 0 Å². The predicted octanol–water partition coefficient (Wildman–Crippen LogP) is 3.53. The maximum atomic E-state index is 12.0. The average Bonchev–Trinajstić information content (AvgIpc) is 3.12. The van der Waals surface area contributed by atoms with E-state index < -0.39 is 11.9 Å². The molecule has 27 heavy (non-hydrogen) atoms. The van der Waals surface area contributed by atoms with E-state index in [0.717, 1.165) is 28.5 Å². The van der Waals surface area contributed by atoms with Crippen molar-refractivity contribution in [3.63, 3.8) is 0 Å². The number of carbonyl (C=O) groups excluding carboxylic acids is 2. The number of H-pyrrole nitrogens is 1. The molecule has 0 radical (unpaired) electrons. The lowest BCUT2D eigenvalue weighted by Gasteiger charge is -2.09. The first-order valence-corrected chi connectivity index (χ1v) is 9.28. The Morgan fingerprint density at radius 2 is 1.89 bits per heavy atom. The van der Waals surface area contributed by atoms with Crippen molar-refractivity contribution in [1.29, 1.82) is 0 Å². The van der Waals surface area contributed by atoms with Crippen LogP contribution in [0.1, 0.15) is 11.1 Å². The monoisotopic (exact) mass is 381 g/mol. The van der Waals surface area contributed by atoms with Crippen molar-refractivity contribution in [3.8, 4) is 11.4 Å². The minimum atomic E-state index is -0.562. The van der Waals surface area contributed by atoms with Gasteiger partial charge in [0.25, 0.3) is 0 Å². The fourth-order valence-electron chi connectivity index (χ4n) is 2.44. The Kier molecular flexibility index (Phi) is 5.87. The Hall–Kier alpha value is -3.13. The molecule has 1 heterocycles. The van der Waals surface area contributed by atoms with Gasteiger partial charge in [-0.05, 0) is 25.5 Å². The number of urea groups is 1. The van der Waals surface area contributed by atoms with Crippen molar-refractivity contribution in [2.24, 2.45) is 0 Å². The van der Waals surface area contributed by atoms with Crippen molar-refractivity contribution in [1.82, 2.24) is 20.5 Å². The summed E-state index contributed by atoms with van der Waals surface area (Å²) >= 11 is 1.15. The topological polar surface area (TPSA) is 99.8 Å². The van der Waals surface area contributed by atoms with Gasteiger partial charge in [-0.3, -0.25) is 15.2 Å². The Bertz CT molecular complexity index is 956. The quantitative estimate of drug-likeness (QED) is 0.587. The molecule has 0 fully saturated rings. The molecule has 0 aliphatic heterocycles. The van der Waals surface area contributed by atoms with Gasteiger partial charge in [0.15, 0.2) is 5.82 Å². The predicted molar refractivity (Wildman–Crippen MR) is 106 cm³/mol. The second kappa shape index (κ2) is 8.50. The molecule has 3 N–H and O–H groups in total. The minimum absolute atomic E-state index is 0.0341. The van der Waals surface area contributed by atoms with Crippen LogP contribution in [0.3, 0.4) is 0 Å². The van der Waals surface area contributed by atoms with E-state index in [1.807, 2.05) is 62.4 Å². The summed E-state index contributed by atoms with van der Waals surface area (Å²) in [5, 5.41) is 12.3. The van der Waals surface area contributed by atoms with Crippen LogP contribution in [0.25, 0.3) is 11.4 Å². The molecule has 3 aromatic rings. The standard InChI is InChI=1S/C19H19N5O2S/c1-12-8-9-15(13(2)10-12)20-18(26)21-16(25)11-27-19-22-17(23-24-19)14-6-4-3-5-7-14/h3-10H,11H2,1-2H3,(H,22,23,24)(H2,20,21,25,26). The first-order chi connectivity index (χ1) is 13.0. The Morgan fingerprint density at radius 1 is 1.11 bits per heavy atom. The summed E-state index contributed by atoms with van der Waals surface area (Å²) in [6.07, 6.45) is 0. The largest absolute Gasteiger partial charge is 0.325 e. The number of thioether (sulfide) groups is 1. The lowest BCUT2D eigenvalue weighted by atomic mass is 10.1. The molecule has 0 saturated heterocycles. The number of hydrogen-bond donors (Lipinski definition) is 3. The summed E-state index contributed by atoms with van der Waals surface area (Å²) in [5.41, 5.74) is 3.61. The summed E-state index contributed by atoms with van der Waals surface area (Å²) < 4.78 is 0. The van der Waals surface area contributed by atoms with Crippen LogP contribution >= 0.6 is 11.8 Å². The molecule has 0 spiro atoms. The van der Waals surface area contributed by atoms with Gasteiger partial charge in [0.1, 0.15) is 0 Å². The average molecular weight is 381 g/mol. The first-order valence-electron chi connectivity index (χ1n) is 8.30. The maximum absolute atomic E-state index is 12.0. The van der Waals surface area contributed by atoms with E-state index in [0.29, 0.717) is 16.7 Å². The van der Waals surface area contributed by atoms with Gasteiger partial charge < -0.3 is 5.32 Å². The number of aromatic amines is 1. The zero-order valence-electron chi connectivity index (χ0n) is 14.9. The highest BCUT2D eigenvalue weighted by atomic mass is 32.2. The van der Waals surface area contributed by atoms with Crippen LogP contribution in [-0.4, -0.2) is 32.9 Å². The van der Waals surface area contributed by atoms with Gasteiger partial charge in [-0.15, -0.1) is 5.10 Å². The molecule has 0 unspecified atom stereocenters. The third kappa shape index (κ3) is 5.18. The van der Waals surface area contributed by atoms with E-state index in [4.69, 9.17) is 0 Å². The van der Waals surface area contributed by atoms with Gasteiger partial charge >= 0.3 is 6.03 Å². The Morgan fingerprint density at radius 3 is 2.63 bits per heavy atom. The second-order valence-electron chi connectivity index (χ2n) is 5.94. The van der Waals surface area contributed by atoms with Crippen molar-refractivity contribution in [2.75, 3.05) is 11.1 Å². The molecule has 3 amide bonds. The number of nitrogens with one attached hydrogen (secondary N) is 3. The molecule has 3 rings (SSSR count). The molecule has 7 nitrogen and oxygen atoms in total. The number of carbonyl (C=O) groups is 2. The SMILES string of the molecule is Cc1ccc(NC(=O)NC(=O)CSc2n[nH]c(-c3ccccc3)n2)c(C)c1. The normalized spacial score (nSPS) is 10.4. The maximum Gasteiger partial charge on any atom is 0.325 e. The van der Waals surface area contributed by atoms with Gasteiger partial charge in [0.2, 0.25) is 11.1 Å². The number of benzene rings is 2. The fraction of sp³-hybridized carbons (Fsp3) is 0.158. The molecular formula is C19H19N5O2S.